The summed E-state index contributed by atoms with van der Waals surface area (Å²) in [6.45, 7) is 0. The van der Waals surface area contributed by atoms with E-state index >= 15 is 0 Å². The van der Waals surface area contributed by atoms with Crippen molar-refractivity contribution in [3.63, 3.8) is 0 Å². The molecule has 1 aliphatic rings. The van der Waals surface area contributed by atoms with Crippen LogP contribution in [0.2, 0.25) is 0 Å². The first-order valence-corrected chi connectivity index (χ1v) is 7.46. The van der Waals surface area contributed by atoms with Gasteiger partial charge >= 0.3 is 0 Å². The summed E-state index contributed by atoms with van der Waals surface area (Å²) in [5, 5.41) is 2.89. The van der Waals surface area contributed by atoms with Crippen LogP contribution in [0.4, 0.5) is 4.39 Å². The van der Waals surface area contributed by atoms with Crippen LogP contribution in [-0.4, -0.2) is 23.5 Å². The topological polar surface area (TPSA) is 29.1 Å². The summed E-state index contributed by atoms with van der Waals surface area (Å²) >= 11 is 5.10. The van der Waals surface area contributed by atoms with E-state index in [1.165, 1.54) is 6.07 Å². The number of hydrogen-bond acceptors (Lipinski definition) is 2. The van der Waals surface area contributed by atoms with Gasteiger partial charge in [0, 0.05) is 10.5 Å². The largest absolute Gasteiger partial charge is 0.349 e. The summed E-state index contributed by atoms with van der Waals surface area (Å²) in [4.78, 5) is 12.0. The van der Waals surface area contributed by atoms with E-state index < -0.39 is 5.82 Å². The van der Waals surface area contributed by atoms with Crippen LogP contribution in [0.1, 0.15) is 23.2 Å². The lowest BCUT2D eigenvalue weighted by Crippen LogP contribution is -2.37. The van der Waals surface area contributed by atoms with Crippen molar-refractivity contribution >= 4 is 33.6 Å². The van der Waals surface area contributed by atoms with E-state index in [0.717, 1.165) is 24.3 Å². The summed E-state index contributed by atoms with van der Waals surface area (Å²) in [6.07, 6.45) is 1.92. The third kappa shape index (κ3) is 3.22. The molecule has 1 heterocycles. The Morgan fingerprint density at radius 1 is 1.41 bits per heavy atom. The Morgan fingerprint density at radius 2 is 2.12 bits per heavy atom. The Morgan fingerprint density at radius 3 is 2.76 bits per heavy atom. The molecular weight excluding hydrogens is 305 g/mol. The van der Waals surface area contributed by atoms with Gasteiger partial charge in [0.1, 0.15) is 5.82 Å². The van der Waals surface area contributed by atoms with Gasteiger partial charge in [0.2, 0.25) is 0 Å². The van der Waals surface area contributed by atoms with E-state index in [-0.39, 0.29) is 17.5 Å². The highest BCUT2D eigenvalue weighted by molar-refractivity contribution is 9.10. The van der Waals surface area contributed by atoms with Gasteiger partial charge in [0.05, 0.1) is 5.56 Å². The number of benzene rings is 1. The van der Waals surface area contributed by atoms with Gasteiger partial charge in [-0.1, -0.05) is 6.07 Å². The molecule has 92 valence electrons. The second-order valence-corrected chi connectivity index (χ2v) is 6.04. The van der Waals surface area contributed by atoms with E-state index in [2.05, 4.69) is 21.2 Å². The summed E-state index contributed by atoms with van der Waals surface area (Å²) < 4.78 is 14.1. The van der Waals surface area contributed by atoms with Crippen molar-refractivity contribution in [1.82, 2.24) is 5.32 Å². The molecule has 1 saturated heterocycles. The SMILES string of the molecule is O=C(NC1CCSCC1)c1c(F)cccc1Br. The summed E-state index contributed by atoms with van der Waals surface area (Å²) in [5.74, 6) is 1.31. The van der Waals surface area contributed by atoms with Crippen molar-refractivity contribution in [3.05, 3.63) is 34.1 Å². The predicted molar refractivity (Wildman–Crippen MR) is 71.9 cm³/mol. The normalized spacial score (nSPS) is 16.8. The average Bonchev–Trinajstić information content (AvgIpc) is 2.30. The molecule has 1 fully saturated rings. The van der Waals surface area contributed by atoms with Crippen molar-refractivity contribution in [3.8, 4) is 0 Å². The quantitative estimate of drug-likeness (QED) is 0.907. The van der Waals surface area contributed by atoms with E-state index in [4.69, 9.17) is 0 Å². The standard InChI is InChI=1S/C12H13BrFNOS/c13-9-2-1-3-10(14)11(9)12(16)15-8-4-6-17-7-5-8/h1-3,8H,4-7H2,(H,15,16). The smallest absolute Gasteiger partial charge is 0.255 e. The number of rotatable bonds is 2. The highest BCUT2D eigenvalue weighted by atomic mass is 79.9. The van der Waals surface area contributed by atoms with Gasteiger partial charge in [0.15, 0.2) is 0 Å². The van der Waals surface area contributed by atoms with Crippen LogP contribution in [-0.2, 0) is 0 Å². The number of carbonyl (C=O) groups excluding carboxylic acids is 1. The van der Waals surface area contributed by atoms with Crippen molar-refractivity contribution in [1.29, 1.82) is 0 Å². The molecule has 1 aromatic carbocycles. The fourth-order valence-electron chi connectivity index (χ4n) is 1.81. The zero-order valence-electron chi connectivity index (χ0n) is 9.21. The van der Waals surface area contributed by atoms with Crippen LogP contribution in [0, 0.1) is 5.82 Å². The maximum atomic E-state index is 13.6. The zero-order valence-corrected chi connectivity index (χ0v) is 11.6. The Kier molecular flexibility index (Phi) is 4.45. The summed E-state index contributed by atoms with van der Waals surface area (Å²) in [5.41, 5.74) is 0.103. The molecule has 1 amide bonds. The molecule has 0 radical (unpaired) electrons. The summed E-state index contributed by atoms with van der Waals surface area (Å²) in [7, 11) is 0. The van der Waals surface area contributed by atoms with Crippen LogP contribution >= 0.6 is 27.7 Å². The number of halogens is 2. The Balaban J connectivity index is 2.08. The maximum absolute atomic E-state index is 13.6. The molecule has 0 unspecified atom stereocenters. The molecule has 0 aliphatic carbocycles. The molecule has 0 aromatic heterocycles. The molecule has 2 rings (SSSR count). The molecule has 1 aliphatic heterocycles. The van der Waals surface area contributed by atoms with E-state index in [1.54, 1.807) is 12.1 Å². The fraction of sp³-hybridized carbons (Fsp3) is 0.417. The van der Waals surface area contributed by atoms with Crippen LogP contribution in [0.15, 0.2) is 22.7 Å². The van der Waals surface area contributed by atoms with Gasteiger partial charge in [-0.15, -0.1) is 0 Å². The van der Waals surface area contributed by atoms with Gasteiger partial charge in [-0.3, -0.25) is 4.79 Å². The first-order chi connectivity index (χ1) is 8.18. The van der Waals surface area contributed by atoms with E-state index in [0.29, 0.717) is 4.47 Å². The molecule has 0 atom stereocenters. The Hall–Kier alpha value is -0.550. The molecule has 1 aromatic rings. The zero-order chi connectivity index (χ0) is 12.3. The van der Waals surface area contributed by atoms with Crippen molar-refractivity contribution in [2.75, 3.05) is 11.5 Å². The van der Waals surface area contributed by atoms with Gasteiger partial charge in [0.25, 0.3) is 5.91 Å². The highest BCUT2D eigenvalue weighted by Gasteiger charge is 2.20. The first-order valence-electron chi connectivity index (χ1n) is 5.51. The number of hydrogen-bond donors (Lipinski definition) is 1. The summed E-state index contributed by atoms with van der Waals surface area (Å²) in [6, 6.07) is 4.73. The molecule has 5 heteroatoms. The molecule has 0 spiro atoms. The van der Waals surface area contributed by atoms with Crippen LogP contribution in [0.5, 0.6) is 0 Å². The molecule has 17 heavy (non-hydrogen) atoms. The number of amides is 1. The minimum absolute atomic E-state index is 0.103. The molecule has 1 N–H and O–H groups in total. The van der Waals surface area contributed by atoms with Gasteiger partial charge in [-0.05, 0) is 52.4 Å². The molecule has 2 nitrogen and oxygen atoms in total. The van der Waals surface area contributed by atoms with Gasteiger partial charge in [-0.2, -0.15) is 11.8 Å². The van der Waals surface area contributed by atoms with Gasteiger partial charge in [-0.25, -0.2) is 4.39 Å². The van der Waals surface area contributed by atoms with Crippen LogP contribution < -0.4 is 5.32 Å². The third-order valence-corrected chi connectivity index (χ3v) is 4.46. The minimum Gasteiger partial charge on any atom is -0.349 e. The monoisotopic (exact) mass is 317 g/mol. The van der Waals surface area contributed by atoms with Crippen LogP contribution in [0.3, 0.4) is 0 Å². The average molecular weight is 318 g/mol. The second-order valence-electron chi connectivity index (χ2n) is 3.96. The van der Waals surface area contributed by atoms with Crippen molar-refractivity contribution in [2.45, 2.75) is 18.9 Å². The first kappa shape index (κ1) is 12.9. The number of carbonyl (C=O) groups is 1. The number of thioether (sulfide) groups is 1. The van der Waals surface area contributed by atoms with Gasteiger partial charge < -0.3 is 5.32 Å². The molecule has 0 saturated carbocycles. The lowest BCUT2D eigenvalue weighted by atomic mass is 10.1. The lowest BCUT2D eigenvalue weighted by Gasteiger charge is -2.22. The Labute approximate surface area is 112 Å². The fourth-order valence-corrected chi connectivity index (χ4v) is 3.44. The number of nitrogens with one attached hydrogen (secondary N) is 1. The molecular formula is C12H13BrFNOS. The van der Waals surface area contributed by atoms with Crippen molar-refractivity contribution in [2.24, 2.45) is 0 Å². The van der Waals surface area contributed by atoms with Crippen LogP contribution in [0.25, 0.3) is 0 Å². The van der Waals surface area contributed by atoms with E-state index in [9.17, 15) is 9.18 Å². The maximum Gasteiger partial charge on any atom is 0.255 e. The minimum atomic E-state index is -0.484. The highest BCUT2D eigenvalue weighted by Crippen LogP contribution is 2.21. The van der Waals surface area contributed by atoms with E-state index in [1.807, 2.05) is 11.8 Å². The third-order valence-electron chi connectivity index (χ3n) is 2.75. The predicted octanol–water partition coefficient (Wildman–Crippen LogP) is 3.21. The lowest BCUT2D eigenvalue weighted by molar-refractivity contribution is 0.0930. The Bertz CT molecular complexity index is 401. The molecule has 0 bridgehead atoms. The second kappa shape index (κ2) is 5.87. The van der Waals surface area contributed by atoms with Crippen molar-refractivity contribution < 1.29 is 9.18 Å².